The van der Waals surface area contributed by atoms with E-state index in [2.05, 4.69) is 29.3 Å². The van der Waals surface area contributed by atoms with Gasteiger partial charge in [-0.2, -0.15) is 0 Å². The van der Waals surface area contributed by atoms with E-state index in [-0.39, 0.29) is 5.82 Å². The highest BCUT2D eigenvalue weighted by Crippen LogP contribution is 2.28. The Morgan fingerprint density at radius 2 is 2.05 bits per heavy atom. The third-order valence-corrected chi connectivity index (χ3v) is 3.88. The van der Waals surface area contributed by atoms with Crippen LogP contribution in [-0.4, -0.2) is 19.6 Å². The van der Waals surface area contributed by atoms with E-state index in [9.17, 15) is 4.39 Å². The second-order valence-electron chi connectivity index (χ2n) is 5.25. The van der Waals surface area contributed by atoms with Crippen LogP contribution in [0, 0.1) is 12.7 Å². The summed E-state index contributed by atoms with van der Waals surface area (Å²) >= 11 is 0. The van der Waals surface area contributed by atoms with Crippen molar-refractivity contribution < 1.29 is 4.39 Å². The van der Waals surface area contributed by atoms with Crippen LogP contribution in [0.1, 0.15) is 11.1 Å². The highest BCUT2D eigenvalue weighted by Gasteiger charge is 2.18. The summed E-state index contributed by atoms with van der Waals surface area (Å²) in [5.41, 5.74) is 4.73. The minimum Gasteiger partial charge on any atom is -0.383 e. The molecule has 0 fully saturated rings. The van der Waals surface area contributed by atoms with Gasteiger partial charge in [-0.3, -0.25) is 0 Å². The van der Waals surface area contributed by atoms with Gasteiger partial charge in [-0.1, -0.05) is 24.3 Å². The Kier molecular flexibility index (Phi) is 3.59. The highest BCUT2D eigenvalue weighted by molar-refractivity contribution is 5.58. The summed E-state index contributed by atoms with van der Waals surface area (Å²) in [5, 5.41) is 3.45. The van der Waals surface area contributed by atoms with Crippen molar-refractivity contribution in [3.63, 3.8) is 0 Å². The fourth-order valence-corrected chi connectivity index (χ4v) is 2.75. The predicted octanol–water partition coefficient (Wildman–Crippen LogP) is 3.61. The molecule has 2 nitrogen and oxygen atoms in total. The molecule has 1 aliphatic heterocycles. The van der Waals surface area contributed by atoms with Gasteiger partial charge < -0.3 is 10.2 Å². The van der Waals surface area contributed by atoms with Crippen LogP contribution in [0.4, 0.5) is 15.8 Å². The third-order valence-electron chi connectivity index (χ3n) is 3.88. The fraction of sp³-hybridized carbons (Fsp3) is 0.294. The number of aryl methyl sites for hydroxylation is 1. The molecule has 0 amide bonds. The van der Waals surface area contributed by atoms with Gasteiger partial charge in [-0.25, -0.2) is 4.39 Å². The van der Waals surface area contributed by atoms with Crippen molar-refractivity contribution in [3.05, 3.63) is 59.4 Å². The van der Waals surface area contributed by atoms with Crippen LogP contribution in [-0.2, 0) is 6.42 Å². The lowest BCUT2D eigenvalue weighted by Crippen LogP contribution is -2.27. The van der Waals surface area contributed by atoms with Crippen molar-refractivity contribution >= 4 is 11.4 Å². The number of nitrogens with zero attached hydrogens (tertiary/aromatic N) is 1. The number of rotatable bonds is 4. The molecule has 104 valence electrons. The molecule has 1 aliphatic rings. The smallest absolute Gasteiger partial charge is 0.125 e. The first kappa shape index (κ1) is 13.0. The first-order chi connectivity index (χ1) is 9.74. The molecule has 0 spiro atoms. The maximum absolute atomic E-state index is 13.3. The van der Waals surface area contributed by atoms with Gasteiger partial charge in [0.2, 0.25) is 0 Å². The number of para-hydroxylation sites is 1. The van der Waals surface area contributed by atoms with Crippen molar-refractivity contribution in [2.24, 2.45) is 0 Å². The summed E-state index contributed by atoms with van der Waals surface area (Å²) < 4.78 is 13.3. The number of hydrogen-bond donors (Lipinski definition) is 1. The van der Waals surface area contributed by atoms with E-state index in [1.54, 1.807) is 12.1 Å². The molecule has 3 heteroatoms. The minimum absolute atomic E-state index is 0.150. The minimum atomic E-state index is -0.150. The molecular formula is C17H19FN2. The third kappa shape index (κ3) is 2.62. The number of hydrogen-bond acceptors (Lipinski definition) is 2. The SMILES string of the molecule is Cc1ccccc1NCCN1CCc2ccc(F)cc21. The topological polar surface area (TPSA) is 15.3 Å². The molecule has 1 heterocycles. The molecule has 0 aromatic heterocycles. The lowest BCUT2D eigenvalue weighted by Gasteiger charge is -2.20. The van der Waals surface area contributed by atoms with Crippen molar-refractivity contribution in [1.82, 2.24) is 0 Å². The molecule has 3 rings (SSSR count). The first-order valence-corrected chi connectivity index (χ1v) is 7.07. The molecule has 20 heavy (non-hydrogen) atoms. The van der Waals surface area contributed by atoms with Gasteiger partial charge in [0.05, 0.1) is 0 Å². The normalized spacial score (nSPS) is 13.4. The Bertz CT molecular complexity index is 610. The number of nitrogens with one attached hydrogen (secondary N) is 1. The van der Waals surface area contributed by atoms with E-state index >= 15 is 0 Å². The summed E-state index contributed by atoms with van der Waals surface area (Å²) in [4.78, 5) is 2.25. The molecule has 2 aromatic rings. The van der Waals surface area contributed by atoms with Crippen LogP contribution < -0.4 is 10.2 Å². The van der Waals surface area contributed by atoms with Gasteiger partial charge in [0.25, 0.3) is 0 Å². The van der Waals surface area contributed by atoms with Gasteiger partial charge in [0.1, 0.15) is 5.82 Å². The molecule has 0 unspecified atom stereocenters. The zero-order valence-corrected chi connectivity index (χ0v) is 11.7. The van der Waals surface area contributed by atoms with Crippen LogP contribution in [0.15, 0.2) is 42.5 Å². The summed E-state index contributed by atoms with van der Waals surface area (Å²) in [5.74, 6) is -0.150. The number of fused-ring (bicyclic) bond motifs is 1. The quantitative estimate of drug-likeness (QED) is 0.913. The molecular weight excluding hydrogens is 251 g/mol. The van der Waals surface area contributed by atoms with Crippen molar-refractivity contribution in [2.75, 3.05) is 29.9 Å². The van der Waals surface area contributed by atoms with E-state index in [1.807, 2.05) is 18.2 Å². The van der Waals surface area contributed by atoms with Gasteiger partial charge in [0.15, 0.2) is 0 Å². The molecule has 0 atom stereocenters. The predicted molar refractivity (Wildman–Crippen MR) is 82.0 cm³/mol. The fourth-order valence-electron chi connectivity index (χ4n) is 2.75. The number of halogens is 1. The van der Waals surface area contributed by atoms with E-state index in [4.69, 9.17) is 0 Å². The summed E-state index contributed by atoms with van der Waals surface area (Å²) in [6, 6.07) is 13.4. The van der Waals surface area contributed by atoms with Crippen LogP contribution in [0.2, 0.25) is 0 Å². The molecule has 2 aromatic carbocycles. The van der Waals surface area contributed by atoms with Crippen LogP contribution in [0.25, 0.3) is 0 Å². The Balaban J connectivity index is 1.61. The zero-order chi connectivity index (χ0) is 13.9. The van der Waals surface area contributed by atoms with Crippen LogP contribution >= 0.6 is 0 Å². The van der Waals surface area contributed by atoms with E-state index in [0.29, 0.717) is 0 Å². The highest BCUT2D eigenvalue weighted by atomic mass is 19.1. The van der Waals surface area contributed by atoms with Gasteiger partial charge in [-0.15, -0.1) is 0 Å². The van der Waals surface area contributed by atoms with Crippen LogP contribution in [0.3, 0.4) is 0 Å². The maximum Gasteiger partial charge on any atom is 0.125 e. The Hall–Kier alpha value is -2.03. The zero-order valence-electron chi connectivity index (χ0n) is 11.7. The first-order valence-electron chi connectivity index (χ1n) is 7.07. The van der Waals surface area contributed by atoms with Gasteiger partial charge in [0, 0.05) is 31.0 Å². The van der Waals surface area contributed by atoms with Crippen LogP contribution in [0.5, 0.6) is 0 Å². The van der Waals surface area contributed by atoms with Crippen molar-refractivity contribution in [1.29, 1.82) is 0 Å². The average Bonchev–Trinajstić information content (AvgIpc) is 2.83. The maximum atomic E-state index is 13.3. The Morgan fingerprint density at radius 3 is 2.90 bits per heavy atom. The molecule has 0 bridgehead atoms. The Morgan fingerprint density at radius 1 is 1.20 bits per heavy atom. The molecule has 0 saturated carbocycles. The van der Waals surface area contributed by atoms with Crippen molar-refractivity contribution in [2.45, 2.75) is 13.3 Å². The second-order valence-corrected chi connectivity index (χ2v) is 5.25. The summed E-state index contributed by atoms with van der Waals surface area (Å²) in [6.45, 7) is 4.84. The van der Waals surface area contributed by atoms with Gasteiger partial charge in [-0.05, 0) is 42.7 Å². The second kappa shape index (κ2) is 5.53. The van der Waals surface area contributed by atoms with E-state index in [1.165, 1.54) is 16.8 Å². The summed E-state index contributed by atoms with van der Waals surface area (Å²) in [6.07, 6.45) is 1.01. The number of anilines is 2. The summed E-state index contributed by atoms with van der Waals surface area (Å²) in [7, 11) is 0. The molecule has 0 radical (unpaired) electrons. The lowest BCUT2D eigenvalue weighted by molar-refractivity contribution is 0.627. The molecule has 0 saturated heterocycles. The Labute approximate surface area is 119 Å². The van der Waals surface area contributed by atoms with E-state index in [0.717, 1.165) is 31.7 Å². The lowest BCUT2D eigenvalue weighted by atomic mass is 10.2. The van der Waals surface area contributed by atoms with Gasteiger partial charge >= 0.3 is 0 Å². The van der Waals surface area contributed by atoms with E-state index < -0.39 is 0 Å². The molecule has 1 N–H and O–H groups in total. The standard InChI is InChI=1S/C17H19FN2/c1-13-4-2-3-5-16(13)19-9-11-20-10-8-14-6-7-15(18)12-17(14)20/h2-7,12,19H,8-11H2,1H3. The number of benzene rings is 2. The van der Waals surface area contributed by atoms with Crippen molar-refractivity contribution in [3.8, 4) is 0 Å². The average molecular weight is 270 g/mol. The monoisotopic (exact) mass is 270 g/mol. The largest absolute Gasteiger partial charge is 0.383 e. The molecule has 0 aliphatic carbocycles.